The van der Waals surface area contributed by atoms with E-state index in [9.17, 15) is 5.11 Å². The molecule has 2 heteroatoms. The van der Waals surface area contributed by atoms with Crippen molar-refractivity contribution >= 4 is 0 Å². The normalized spacial score (nSPS) is 43.7. The van der Waals surface area contributed by atoms with E-state index in [4.69, 9.17) is 4.74 Å². The molecule has 0 aromatic carbocycles. The number of aliphatic hydroxyl groups is 1. The Morgan fingerprint density at radius 1 is 1.21 bits per heavy atom. The van der Waals surface area contributed by atoms with Crippen molar-refractivity contribution in [3.8, 4) is 0 Å². The highest BCUT2D eigenvalue weighted by Crippen LogP contribution is 2.52. The lowest BCUT2D eigenvalue weighted by Gasteiger charge is -2.54. The molecular weight excluding hydrogens is 176 g/mol. The zero-order chi connectivity index (χ0) is 10.4. The molecule has 1 unspecified atom stereocenters. The minimum Gasteiger partial charge on any atom is -0.393 e. The van der Waals surface area contributed by atoms with Gasteiger partial charge in [-0.15, -0.1) is 0 Å². The fourth-order valence-corrected chi connectivity index (χ4v) is 2.74. The van der Waals surface area contributed by atoms with Crippen LogP contribution in [0, 0.1) is 11.3 Å². The molecular formula is C12H22O2. The van der Waals surface area contributed by atoms with E-state index < -0.39 is 0 Å². The van der Waals surface area contributed by atoms with Crippen LogP contribution in [0.3, 0.4) is 0 Å². The van der Waals surface area contributed by atoms with E-state index in [2.05, 4.69) is 20.8 Å². The Labute approximate surface area is 86.6 Å². The molecule has 0 radical (unpaired) electrons. The van der Waals surface area contributed by atoms with Crippen LogP contribution in [0.4, 0.5) is 0 Å². The quantitative estimate of drug-likeness (QED) is 0.647. The van der Waals surface area contributed by atoms with Gasteiger partial charge in [-0.25, -0.2) is 0 Å². The molecule has 1 heterocycles. The average Bonchev–Trinajstić information content (AvgIpc) is 1.98. The van der Waals surface area contributed by atoms with E-state index in [1.807, 2.05) is 0 Å². The summed E-state index contributed by atoms with van der Waals surface area (Å²) < 4.78 is 5.84. The molecule has 0 bridgehead atoms. The van der Waals surface area contributed by atoms with Crippen molar-refractivity contribution in [1.29, 1.82) is 0 Å². The van der Waals surface area contributed by atoms with Crippen molar-refractivity contribution in [1.82, 2.24) is 0 Å². The van der Waals surface area contributed by atoms with Crippen LogP contribution in [0.1, 0.15) is 46.5 Å². The minimum absolute atomic E-state index is 0.0512. The Balaban J connectivity index is 1.91. The van der Waals surface area contributed by atoms with Crippen molar-refractivity contribution in [3.63, 3.8) is 0 Å². The second-order valence-electron chi connectivity index (χ2n) is 6.15. The Morgan fingerprint density at radius 3 is 2.36 bits per heavy atom. The number of hydrogen-bond donors (Lipinski definition) is 1. The van der Waals surface area contributed by atoms with Crippen molar-refractivity contribution in [2.75, 3.05) is 6.61 Å². The molecule has 2 nitrogen and oxygen atoms in total. The maximum absolute atomic E-state index is 9.62. The molecule has 0 amide bonds. The predicted octanol–water partition coefficient (Wildman–Crippen LogP) is 2.35. The third-order valence-corrected chi connectivity index (χ3v) is 3.93. The first-order valence-electron chi connectivity index (χ1n) is 5.73. The lowest BCUT2D eigenvalue weighted by atomic mass is 9.58. The number of aliphatic hydroxyl groups excluding tert-OH is 1. The highest BCUT2D eigenvalue weighted by Gasteiger charge is 2.51. The van der Waals surface area contributed by atoms with E-state index in [1.54, 1.807) is 0 Å². The van der Waals surface area contributed by atoms with Crippen LogP contribution in [-0.4, -0.2) is 23.4 Å². The summed E-state index contributed by atoms with van der Waals surface area (Å²) in [5, 5.41) is 9.62. The Kier molecular flexibility index (Phi) is 2.39. The molecule has 0 aromatic heterocycles. The van der Waals surface area contributed by atoms with Gasteiger partial charge in [-0.3, -0.25) is 0 Å². The van der Waals surface area contributed by atoms with Gasteiger partial charge in [0.25, 0.3) is 0 Å². The number of rotatable bonds is 0. The Bertz CT molecular complexity index is 211. The van der Waals surface area contributed by atoms with Crippen molar-refractivity contribution in [2.45, 2.75) is 58.2 Å². The molecule has 2 rings (SSSR count). The summed E-state index contributed by atoms with van der Waals surface area (Å²) in [6.07, 6.45) is 3.85. The monoisotopic (exact) mass is 198 g/mol. The SMILES string of the molecule is CC(C)(C)C1CC2(CC(O)CCO2)C1. The van der Waals surface area contributed by atoms with Gasteiger partial charge in [0.15, 0.2) is 0 Å². The summed E-state index contributed by atoms with van der Waals surface area (Å²) in [6, 6.07) is 0. The smallest absolute Gasteiger partial charge is 0.0712 e. The standard InChI is InChI=1S/C12H22O2/c1-11(2,3)9-6-12(7-9)8-10(13)4-5-14-12/h9-10,13H,4-8H2,1-3H3. The summed E-state index contributed by atoms with van der Waals surface area (Å²) >= 11 is 0. The highest BCUT2D eigenvalue weighted by molar-refractivity contribution is 5.02. The van der Waals surface area contributed by atoms with E-state index >= 15 is 0 Å². The van der Waals surface area contributed by atoms with Crippen molar-refractivity contribution < 1.29 is 9.84 Å². The summed E-state index contributed by atoms with van der Waals surface area (Å²) in [5.74, 6) is 0.771. The van der Waals surface area contributed by atoms with Gasteiger partial charge < -0.3 is 9.84 Å². The van der Waals surface area contributed by atoms with Gasteiger partial charge in [-0.05, 0) is 30.6 Å². The molecule has 1 saturated heterocycles. The molecule has 2 aliphatic rings. The van der Waals surface area contributed by atoms with Crippen LogP contribution >= 0.6 is 0 Å². The van der Waals surface area contributed by atoms with E-state index in [1.165, 1.54) is 0 Å². The number of ether oxygens (including phenoxy) is 1. The highest BCUT2D eigenvalue weighted by atomic mass is 16.5. The fraction of sp³-hybridized carbons (Fsp3) is 1.00. The van der Waals surface area contributed by atoms with Gasteiger partial charge in [0.2, 0.25) is 0 Å². The third kappa shape index (κ3) is 1.82. The minimum atomic E-state index is -0.121. The van der Waals surface area contributed by atoms with E-state index in [0.717, 1.165) is 38.2 Å². The number of hydrogen-bond acceptors (Lipinski definition) is 2. The second-order valence-corrected chi connectivity index (χ2v) is 6.15. The summed E-state index contributed by atoms with van der Waals surface area (Å²) in [5.41, 5.74) is 0.451. The lowest BCUT2D eigenvalue weighted by molar-refractivity contribution is -0.195. The molecule has 1 aliphatic carbocycles. The molecule has 0 aromatic rings. The topological polar surface area (TPSA) is 29.5 Å². The predicted molar refractivity (Wildman–Crippen MR) is 56.1 cm³/mol. The van der Waals surface area contributed by atoms with Crippen LogP contribution in [0.5, 0.6) is 0 Å². The fourth-order valence-electron chi connectivity index (χ4n) is 2.74. The largest absolute Gasteiger partial charge is 0.393 e. The summed E-state index contributed by atoms with van der Waals surface area (Å²) in [4.78, 5) is 0. The van der Waals surface area contributed by atoms with E-state index in [0.29, 0.717) is 5.41 Å². The maximum atomic E-state index is 9.62. The molecule has 1 saturated carbocycles. The maximum Gasteiger partial charge on any atom is 0.0712 e. The van der Waals surface area contributed by atoms with Crippen LogP contribution in [0.2, 0.25) is 0 Å². The Hall–Kier alpha value is -0.0800. The summed E-state index contributed by atoms with van der Waals surface area (Å²) in [6.45, 7) is 7.63. The van der Waals surface area contributed by atoms with Crippen LogP contribution in [0.15, 0.2) is 0 Å². The molecule has 14 heavy (non-hydrogen) atoms. The molecule has 1 N–H and O–H groups in total. The van der Waals surface area contributed by atoms with Crippen LogP contribution < -0.4 is 0 Å². The lowest BCUT2D eigenvalue weighted by Crippen LogP contribution is -2.54. The van der Waals surface area contributed by atoms with Crippen molar-refractivity contribution in [3.05, 3.63) is 0 Å². The second kappa shape index (κ2) is 3.21. The van der Waals surface area contributed by atoms with E-state index in [-0.39, 0.29) is 11.7 Å². The van der Waals surface area contributed by atoms with Gasteiger partial charge in [-0.1, -0.05) is 20.8 Å². The van der Waals surface area contributed by atoms with Crippen LogP contribution in [-0.2, 0) is 4.74 Å². The molecule has 2 fully saturated rings. The van der Waals surface area contributed by atoms with Gasteiger partial charge in [0, 0.05) is 13.0 Å². The van der Waals surface area contributed by atoms with Gasteiger partial charge in [0.1, 0.15) is 0 Å². The van der Waals surface area contributed by atoms with Gasteiger partial charge in [-0.2, -0.15) is 0 Å². The first-order valence-corrected chi connectivity index (χ1v) is 5.73. The average molecular weight is 198 g/mol. The molecule has 82 valence electrons. The zero-order valence-corrected chi connectivity index (χ0v) is 9.55. The molecule has 1 aliphatic heterocycles. The first kappa shape index (κ1) is 10.4. The summed E-state index contributed by atoms with van der Waals surface area (Å²) in [7, 11) is 0. The Morgan fingerprint density at radius 2 is 1.86 bits per heavy atom. The van der Waals surface area contributed by atoms with Gasteiger partial charge >= 0.3 is 0 Å². The molecule has 1 atom stereocenters. The van der Waals surface area contributed by atoms with Crippen LogP contribution in [0.25, 0.3) is 0 Å². The third-order valence-electron chi connectivity index (χ3n) is 3.93. The molecule has 1 spiro atoms. The van der Waals surface area contributed by atoms with Crippen molar-refractivity contribution in [2.24, 2.45) is 11.3 Å². The zero-order valence-electron chi connectivity index (χ0n) is 9.55. The van der Waals surface area contributed by atoms with Gasteiger partial charge in [0.05, 0.1) is 11.7 Å². The first-order chi connectivity index (χ1) is 6.41.